The molecule has 0 saturated heterocycles. The minimum absolute atomic E-state index is 0.0833. The van der Waals surface area contributed by atoms with Crippen LogP contribution in [0.5, 0.6) is 5.75 Å². The molecule has 1 saturated carbocycles. The molecule has 1 fully saturated rings. The van der Waals surface area contributed by atoms with Gasteiger partial charge in [0, 0.05) is 6.42 Å². The Hall–Kier alpha value is -1.62. The minimum Gasteiger partial charge on any atom is -0.494 e. The molecule has 0 bridgehead atoms. The summed E-state index contributed by atoms with van der Waals surface area (Å²) in [6, 6.07) is 5.81. The Morgan fingerprint density at radius 3 is 2.95 bits per heavy atom. The van der Waals surface area contributed by atoms with Gasteiger partial charge in [0.1, 0.15) is 11.3 Å². The first kappa shape index (κ1) is 14.3. The van der Waals surface area contributed by atoms with Crippen molar-refractivity contribution in [2.45, 2.75) is 38.5 Å². The molecule has 21 heavy (non-hydrogen) atoms. The van der Waals surface area contributed by atoms with Crippen molar-refractivity contribution in [1.82, 2.24) is 4.98 Å². The van der Waals surface area contributed by atoms with Gasteiger partial charge < -0.3 is 10.1 Å². The lowest BCUT2D eigenvalue weighted by atomic mass is 9.87. The summed E-state index contributed by atoms with van der Waals surface area (Å²) < 4.78 is 6.33. The topological polar surface area (TPSA) is 51.2 Å². The number of thiazole rings is 1. The normalized spacial score (nSPS) is 16.0. The van der Waals surface area contributed by atoms with Gasteiger partial charge in [0.05, 0.1) is 11.8 Å². The highest BCUT2D eigenvalue weighted by molar-refractivity contribution is 7.22. The van der Waals surface area contributed by atoms with Crippen molar-refractivity contribution in [3.8, 4) is 5.75 Å². The highest BCUT2D eigenvalue weighted by Gasteiger charge is 2.18. The van der Waals surface area contributed by atoms with Crippen LogP contribution in [0.15, 0.2) is 18.2 Å². The van der Waals surface area contributed by atoms with Crippen LogP contribution in [0, 0.1) is 5.92 Å². The largest absolute Gasteiger partial charge is 0.494 e. The number of fused-ring (bicyclic) bond motifs is 1. The summed E-state index contributed by atoms with van der Waals surface area (Å²) in [6.45, 7) is 0. The minimum atomic E-state index is 0.0833. The molecule has 1 aromatic carbocycles. The van der Waals surface area contributed by atoms with Crippen molar-refractivity contribution >= 4 is 32.6 Å². The van der Waals surface area contributed by atoms with Crippen molar-refractivity contribution in [2.75, 3.05) is 12.4 Å². The van der Waals surface area contributed by atoms with Crippen LogP contribution in [0.25, 0.3) is 10.2 Å². The molecule has 1 aromatic heterocycles. The lowest BCUT2D eigenvalue weighted by molar-refractivity contribution is -0.117. The fourth-order valence-corrected chi connectivity index (χ4v) is 3.86. The number of ether oxygens (including phenoxy) is 1. The number of para-hydroxylation sites is 1. The Labute approximate surface area is 128 Å². The molecule has 0 unspecified atom stereocenters. The van der Waals surface area contributed by atoms with Crippen LogP contribution >= 0.6 is 11.3 Å². The third-order valence-corrected chi connectivity index (χ3v) is 4.98. The fraction of sp³-hybridized carbons (Fsp3) is 0.500. The predicted molar refractivity (Wildman–Crippen MR) is 86.0 cm³/mol. The molecule has 0 spiro atoms. The molecule has 3 rings (SSSR count). The summed E-state index contributed by atoms with van der Waals surface area (Å²) >= 11 is 1.49. The molecule has 1 N–H and O–H groups in total. The fourth-order valence-electron chi connectivity index (χ4n) is 2.97. The summed E-state index contributed by atoms with van der Waals surface area (Å²) in [6.07, 6.45) is 6.82. The molecular weight excluding hydrogens is 284 g/mol. The number of methoxy groups -OCH3 is 1. The van der Waals surface area contributed by atoms with Crippen molar-refractivity contribution in [1.29, 1.82) is 0 Å². The maximum Gasteiger partial charge on any atom is 0.226 e. The molecule has 1 heterocycles. The molecular formula is C16H20N2O2S. The Bertz CT molecular complexity index is 632. The van der Waals surface area contributed by atoms with E-state index in [4.69, 9.17) is 4.74 Å². The Morgan fingerprint density at radius 2 is 2.19 bits per heavy atom. The highest BCUT2D eigenvalue weighted by atomic mass is 32.1. The number of nitrogens with zero attached hydrogens (tertiary/aromatic N) is 1. The summed E-state index contributed by atoms with van der Waals surface area (Å²) in [5.74, 6) is 1.37. The zero-order chi connectivity index (χ0) is 14.7. The first-order valence-corrected chi connectivity index (χ1v) is 8.31. The third kappa shape index (κ3) is 3.35. The summed E-state index contributed by atoms with van der Waals surface area (Å²) in [5.41, 5.74) is 0.818. The zero-order valence-electron chi connectivity index (χ0n) is 12.2. The third-order valence-electron chi connectivity index (χ3n) is 4.05. The number of rotatable bonds is 4. The quantitative estimate of drug-likeness (QED) is 0.920. The van der Waals surface area contributed by atoms with Crippen molar-refractivity contribution in [3.63, 3.8) is 0 Å². The molecule has 4 nitrogen and oxygen atoms in total. The number of carbonyl (C=O) groups excluding carboxylic acids is 1. The molecule has 0 atom stereocenters. The summed E-state index contributed by atoms with van der Waals surface area (Å²) in [5, 5.41) is 3.61. The SMILES string of the molecule is COc1cccc2sc(NC(=O)CC3CCCCC3)nc12. The van der Waals surface area contributed by atoms with Gasteiger partial charge in [-0.3, -0.25) is 4.79 Å². The number of hydrogen-bond donors (Lipinski definition) is 1. The van der Waals surface area contributed by atoms with Crippen molar-refractivity contribution in [2.24, 2.45) is 5.92 Å². The smallest absolute Gasteiger partial charge is 0.226 e. The molecule has 2 aromatic rings. The van der Waals surface area contributed by atoms with Gasteiger partial charge in [-0.1, -0.05) is 36.7 Å². The summed E-state index contributed by atoms with van der Waals surface area (Å²) in [7, 11) is 1.63. The number of benzene rings is 1. The van der Waals surface area contributed by atoms with Gasteiger partial charge in [0.25, 0.3) is 0 Å². The van der Waals surface area contributed by atoms with Gasteiger partial charge in [-0.05, 0) is 30.9 Å². The monoisotopic (exact) mass is 304 g/mol. The Kier molecular flexibility index (Phi) is 4.39. The van der Waals surface area contributed by atoms with Gasteiger partial charge in [0.2, 0.25) is 5.91 Å². The number of amides is 1. The van der Waals surface area contributed by atoms with E-state index >= 15 is 0 Å². The van der Waals surface area contributed by atoms with Gasteiger partial charge in [0.15, 0.2) is 5.13 Å². The van der Waals surface area contributed by atoms with Crippen LogP contribution in [0.2, 0.25) is 0 Å². The van der Waals surface area contributed by atoms with Gasteiger partial charge in [-0.2, -0.15) is 0 Å². The van der Waals surface area contributed by atoms with E-state index in [1.54, 1.807) is 7.11 Å². The van der Waals surface area contributed by atoms with Crippen LogP contribution in [-0.2, 0) is 4.79 Å². The average Bonchev–Trinajstić information content (AvgIpc) is 2.90. The molecule has 5 heteroatoms. The molecule has 0 aliphatic heterocycles. The first-order chi connectivity index (χ1) is 10.3. The van der Waals surface area contributed by atoms with Crippen LogP contribution in [0.3, 0.4) is 0 Å². The number of nitrogens with one attached hydrogen (secondary N) is 1. The van der Waals surface area contributed by atoms with E-state index in [-0.39, 0.29) is 5.91 Å². The predicted octanol–water partition coefficient (Wildman–Crippen LogP) is 4.21. The first-order valence-electron chi connectivity index (χ1n) is 7.49. The van der Waals surface area contributed by atoms with E-state index in [0.29, 0.717) is 17.5 Å². The lowest BCUT2D eigenvalue weighted by Gasteiger charge is -2.20. The van der Waals surface area contributed by atoms with Crippen molar-refractivity contribution in [3.05, 3.63) is 18.2 Å². The maximum absolute atomic E-state index is 12.1. The van der Waals surface area contributed by atoms with Crippen LogP contribution in [0.1, 0.15) is 38.5 Å². The second-order valence-electron chi connectivity index (χ2n) is 5.58. The standard InChI is InChI=1S/C16H20N2O2S/c1-20-12-8-5-9-13-15(12)18-16(21-13)17-14(19)10-11-6-3-2-4-7-11/h5,8-9,11H,2-4,6-7,10H2,1H3,(H,17,18,19). The van der Waals surface area contributed by atoms with E-state index in [2.05, 4.69) is 10.3 Å². The second-order valence-corrected chi connectivity index (χ2v) is 6.61. The maximum atomic E-state index is 12.1. The van der Waals surface area contributed by atoms with Gasteiger partial charge >= 0.3 is 0 Å². The van der Waals surface area contributed by atoms with E-state index in [1.165, 1.54) is 43.4 Å². The molecule has 0 radical (unpaired) electrons. The van der Waals surface area contributed by atoms with E-state index < -0.39 is 0 Å². The van der Waals surface area contributed by atoms with E-state index in [1.807, 2.05) is 18.2 Å². The Balaban J connectivity index is 1.68. The number of aromatic nitrogens is 1. The van der Waals surface area contributed by atoms with E-state index in [0.717, 1.165) is 16.0 Å². The number of anilines is 1. The molecule has 112 valence electrons. The van der Waals surface area contributed by atoms with Gasteiger partial charge in [-0.15, -0.1) is 0 Å². The molecule has 1 amide bonds. The summed E-state index contributed by atoms with van der Waals surface area (Å²) in [4.78, 5) is 16.6. The molecule has 1 aliphatic rings. The lowest BCUT2D eigenvalue weighted by Crippen LogP contribution is -2.18. The highest BCUT2D eigenvalue weighted by Crippen LogP contribution is 2.32. The second kappa shape index (κ2) is 6.43. The van der Waals surface area contributed by atoms with Crippen LogP contribution < -0.4 is 10.1 Å². The van der Waals surface area contributed by atoms with E-state index in [9.17, 15) is 4.79 Å². The zero-order valence-corrected chi connectivity index (χ0v) is 13.0. The molecule has 1 aliphatic carbocycles. The van der Waals surface area contributed by atoms with Crippen LogP contribution in [0.4, 0.5) is 5.13 Å². The number of hydrogen-bond acceptors (Lipinski definition) is 4. The Morgan fingerprint density at radius 1 is 1.38 bits per heavy atom. The van der Waals surface area contributed by atoms with Crippen LogP contribution in [-0.4, -0.2) is 18.0 Å². The van der Waals surface area contributed by atoms with Gasteiger partial charge in [-0.25, -0.2) is 4.98 Å². The van der Waals surface area contributed by atoms with Crippen molar-refractivity contribution < 1.29 is 9.53 Å². The average molecular weight is 304 g/mol. The number of carbonyl (C=O) groups is 1.